The fraction of sp³-hybridized carbons (Fsp3) is 0.636. The van der Waals surface area contributed by atoms with Gasteiger partial charge in [0.05, 0.1) is 13.2 Å². The number of anilines is 1. The van der Waals surface area contributed by atoms with Gasteiger partial charge in [-0.3, -0.25) is 9.59 Å². The second kappa shape index (κ2) is 11.2. The van der Waals surface area contributed by atoms with Crippen molar-refractivity contribution in [2.45, 2.75) is 45.4 Å². The first kappa shape index (κ1) is 23.2. The zero-order valence-electron chi connectivity index (χ0n) is 18.5. The van der Waals surface area contributed by atoms with Crippen LogP contribution in [-0.4, -0.2) is 76.2 Å². The minimum absolute atomic E-state index is 0.0322. The Labute approximate surface area is 175 Å². The Hall–Kier alpha value is -2.12. The Bertz CT molecular complexity index is 655. The molecule has 7 nitrogen and oxygen atoms in total. The number of benzene rings is 1. The minimum atomic E-state index is -0.0322. The standard InChI is InChI=1S/C22H36N4O3/c1-17(2)23-21(27)15-25(5)16-22(28)26(14-20-7-6-12-29-20)13-18-8-10-19(11-9-18)24(3)4/h8-11,17,20H,6-7,12-16H2,1-5H3,(H,23,27)/p+1/t20-/m1/s1. The predicted octanol–water partition coefficient (Wildman–Crippen LogP) is 0.300. The molecule has 7 heteroatoms. The van der Waals surface area contributed by atoms with Gasteiger partial charge in [0.1, 0.15) is 0 Å². The molecule has 0 aliphatic carbocycles. The van der Waals surface area contributed by atoms with E-state index in [1.54, 1.807) is 0 Å². The van der Waals surface area contributed by atoms with Crippen molar-refractivity contribution in [1.29, 1.82) is 0 Å². The van der Waals surface area contributed by atoms with Crippen molar-refractivity contribution >= 4 is 17.5 Å². The summed E-state index contributed by atoms with van der Waals surface area (Å²) in [6, 6.07) is 8.37. The van der Waals surface area contributed by atoms with E-state index in [0.717, 1.165) is 35.6 Å². The van der Waals surface area contributed by atoms with E-state index in [9.17, 15) is 9.59 Å². The summed E-state index contributed by atoms with van der Waals surface area (Å²) in [7, 11) is 5.90. The highest BCUT2D eigenvalue weighted by Crippen LogP contribution is 2.17. The normalized spacial score (nSPS) is 17.2. The lowest BCUT2D eigenvalue weighted by molar-refractivity contribution is -0.863. The van der Waals surface area contributed by atoms with Crippen LogP contribution in [0.15, 0.2) is 24.3 Å². The number of nitrogens with one attached hydrogen (secondary N) is 2. The summed E-state index contributed by atoms with van der Waals surface area (Å²) in [5.74, 6) is 0.0160. The molecular formula is C22H37N4O3+. The molecule has 1 fully saturated rings. The van der Waals surface area contributed by atoms with Crippen molar-refractivity contribution in [3.05, 3.63) is 29.8 Å². The van der Waals surface area contributed by atoms with Gasteiger partial charge in [0.15, 0.2) is 13.1 Å². The number of nitrogens with zero attached hydrogens (tertiary/aromatic N) is 2. The Balaban J connectivity index is 2.00. The first-order valence-corrected chi connectivity index (χ1v) is 10.5. The van der Waals surface area contributed by atoms with Crippen LogP contribution in [0.5, 0.6) is 0 Å². The number of hydrogen-bond acceptors (Lipinski definition) is 4. The second-order valence-electron chi connectivity index (χ2n) is 8.50. The summed E-state index contributed by atoms with van der Waals surface area (Å²) in [5.41, 5.74) is 2.23. The molecule has 2 rings (SSSR count). The molecule has 0 spiro atoms. The summed E-state index contributed by atoms with van der Waals surface area (Å²) < 4.78 is 5.76. The monoisotopic (exact) mass is 405 g/mol. The van der Waals surface area contributed by atoms with Crippen molar-refractivity contribution in [2.75, 3.05) is 52.3 Å². The topological polar surface area (TPSA) is 66.3 Å². The number of rotatable bonds is 10. The molecule has 29 heavy (non-hydrogen) atoms. The van der Waals surface area contributed by atoms with Crippen LogP contribution < -0.4 is 15.1 Å². The highest BCUT2D eigenvalue weighted by atomic mass is 16.5. The van der Waals surface area contributed by atoms with Gasteiger partial charge in [0, 0.05) is 45.5 Å². The largest absolute Gasteiger partial charge is 0.378 e. The minimum Gasteiger partial charge on any atom is -0.378 e. The third kappa shape index (κ3) is 8.03. The molecule has 1 saturated heterocycles. The van der Waals surface area contributed by atoms with Crippen LogP contribution in [0.2, 0.25) is 0 Å². The predicted molar refractivity (Wildman–Crippen MR) is 115 cm³/mol. The maximum absolute atomic E-state index is 13.0. The van der Waals surface area contributed by atoms with Gasteiger partial charge in [0.25, 0.3) is 11.8 Å². The van der Waals surface area contributed by atoms with E-state index in [1.165, 1.54) is 0 Å². The fourth-order valence-electron chi connectivity index (χ4n) is 3.49. The molecule has 0 aromatic heterocycles. The summed E-state index contributed by atoms with van der Waals surface area (Å²) >= 11 is 0. The molecule has 2 N–H and O–H groups in total. The van der Waals surface area contributed by atoms with Gasteiger partial charge in [-0.1, -0.05) is 12.1 Å². The van der Waals surface area contributed by atoms with Crippen LogP contribution >= 0.6 is 0 Å². The van der Waals surface area contributed by atoms with E-state index in [2.05, 4.69) is 34.5 Å². The van der Waals surface area contributed by atoms with Crippen LogP contribution in [0.4, 0.5) is 5.69 Å². The number of ether oxygens (including phenoxy) is 1. The molecule has 0 saturated carbocycles. The lowest BCUT2D eigenvalue weighted by Gasteiger charge is -2.27. The third-order valence-corrected chi connectivity index (χ3v) is 4.99. The zero-order chi connectivity index (χ0) is 21.4. The Kier molecular flexibility index (Phi) is 8.92. The van der Waals surface area contributed by atoms with Gasteiger partial charge >= 0.3 is 0 Å². The second-order valence-corrected chi connectivity index (χ2v) is 8.50. The molecule has 1 heterocycles. The highest BCUT2D eigenvalue weighted by Gasteiger charge is 2.25. The molecule has 2 atom stereocenters. The van der Waals surface area contributed by atoms with Crippen LogP contribution in [0.25, 0.3) is 0 Å². The molecule has 1 aromatic carbocycles. The van der Waals surface area contributed by atoms with Crippen LogP contribution in [0, 0.1) is 0 Å². The van der Waals surface area contributed by atoms with Gasteiger partial charge in [0.2, 0.25) is 0 Å². The molecule has 1 aliphatic rings. The van der Waals surface area contributed by atoms with E-state index in [1.807, 2.05) is 39.9 Å². The Morgan fingerprint density at radius 3 is 2.45 bits per heavy atom. The fourth-order valence-corrected chi connectivity index (χ4v) is 3.49. The highest BCUT2D eigenvalue weighted by molar-refractivity contribution is 5.79. The maximum Gasteiger partial charge on any atom is 0.278 e. The molecule has 1 unspecified atom stereocenters. The number of carbonyl (C=O) groups excluding carboxylic acids is 2. The first-order chi connectivity index (χ1) is 13.7. The Morgan fingerprint density at radius 2 is 1.90 bits per heavy atom. The summed E-state index contributed by atoms with van der Waals surface area (Å²) in [6.45, 7) is 6.36. The molecule has 1 aliphatic heterocycles. The average molecular weight is 406 g/mol. The van der Waals surface area contributed by atoms with Crippen LogP contribution in [-0.2, 0) is 20.9 Å². The Morgan fingerprint density at radius 1 is 1.21 bits per heavy atom. The molecular weight excluding hydrogens is 368 g/mol. The van der Waals surface area contributed by atoms with Gasteiger partial charge in [-0.2, -0.15) is 0 Å². The number of amides is 2. The average Bonchev–Trinajstić information content (AvgIpc) is 3.13. The quantitative estimate of drug-likeness (QED) is 0.588. The van der Waals surface area contributed by atoms with Crippen molar-refractivity contribution in [3.63, 3.8) is 0 Å². The molecule has 162 valence electrons. The number of hydrogen-bond donors (Lipinski definition) is 2. The molecule has 0 bridgehead atoms. The molecule has 1 aromatic rings. The number of quaternary nitrogens is 1. The first-order valence-electron chi connectivity index (χ1n) is 10.5. The van der Waals surface area contributed by atoms with E-state index in [-0.39, 0.29) is 37.0 Å². The van der Waals surface area contributed by atoms with Crippen LogP contribution in [0.3, 0.4) is 0 Å². The van der Waals surface area contributed by atoms with E-state index < -0.39 is 0 Å². The van der Waals surface area contributed by atoms with Gasteiger partial charge in [-0.25, -0.2) is 0 Å². The maximum atomic E-state index is 13.0. The number of carbonyl (C=O) groups is 2. The summed E-state index contributed by atoms with van der Waals surface area (Å²) in [6.07, 6.45) is 2.14. The van der Waals surface area contributed by atoms with Gasteiger partial charge in [-0.15, -0.1) is 0 Å². The van der Waals surface area contributed by atoms with Crippen molar-refractivity contribution in [3.8, 4) is 0 Å². The van der Waals surface area contributed by atoms with Crippen molar-refractivity contribution in [1.82, 2.24) is 10.2 Å². The number of likely N-dealkylation sites (N-methyl/N-ethyl adjacent to an activating group) is 1. The van der Waals surface area contributed by atoms with Crippen LogP contribution in [0.1, 0.15) is 32.3 Å². The lowest BCUT2D eigenvalue weighted by atomic mass is 10.1. The summed E-state index contributed by atoms with van der Waals surface area (Å²) in [5, 5.41) is 2.88. The van der Waals surface area contributed by atoms with E-state index in [0.29, 0.717) is 13.1 Å². The lowest BCUT2D eigenvalue weighted by Crippen LogP contribution is -3.11. The summed E-state index contributed by atoms with van der Waals surface area (Å²) in [4.78, 5) is 29.8. The smallest absolute Gasteiger partial charge is 0.278 e. The van der Waals surface area contributed by atoms with Crippen molar-refractivity contribution in [2.24, 2.45) is 0 Å². The molecule has 2 amide bonds. The van der Waals surface area contributed by atoms with E-state index in [4.69, 9.17) is 4.74 Å². The zero-order valence-corrected chi connectivity index (χ0v) is 18.5. The SMILES string of the molecule is CC(C)NC(=O)C[NH+](C)CC(=O)N(Cc1ccc(N(C)C)cc1)C[C@H]1CCCO1. The molecule has 0 radical (unpaired) electrons. The van der Waals surface area contributed by atoms with Crippen molar-refractivity contribution < 1.29 is 19.2 Å². The van der Waals surface area contributed by atoms with Gasteiger partial charge < -0.3 is 24.8 Å². The van der Waals surface area contributed by atoms with Gasteiger partial charge in [-0.05, 0) is 44.4 Å². The van der Waals surface area contributed by atoms with E-state index >= 15 is 0 Å². The third-order valence-electron chi connectivity index (χ3n) is 4.99.